The number of carbonyl (C=O) groups is 2. The van der Waals surface area contributed by atoms with E-state index >= 15 is 0 Å². The van der Waals surface area contributed by atoms with E-state index in [9.17, 15) is 9.59 Å². The van der Waals surface area contributed by atoms with Crippen LogP contribution in [-0.2, 0) is 4.79 Å². The quantitative estimate of drug-likeness (QED) is 0.102. The Hall–Kier alpha value is -8.94. The Bertz CT molecular complexity index is 3130. The van der Waals surface area contributed by atoms with Crippen LogP contribution in [0.5, 0.6) is 0 Å². The van der Waals surface area contributed by atoms with Gasteiger partial charge in [0.1, 0.15) is 11.4 Å². The van der Waals surface area contributed by atoms with Crippen LogP contribution in [-0.4, -0.2) is 27.3 Å². The molecule has 0 aliphatic heterocycles. The Balaban J connectivity index is 0.000000177. The molecule has 2 heterocycles. The molecule has 0 aliphatic rings. The van der Waals surface area contributed by atoms with E-state index in [2.05, 4.69) is 0 Å². The maximum Gasteiger partial charge on any atom is 0.328 e. The van der Waals surface area contributed by atoms with Gasteiger partial charge in [-0.15, -0.1) is 0 Å². The first-order chi connectivity index (χ1) is 32.1. The predicted octanol–water partition coefficient (Wildman–Crippen LogP) is 15.2. The number of hydrogen-bond donors (Lipinski definition) is 1. The Morgan fingerprint density at radius 3 is 1.11 bits per heavy atom. The van der Waals surface area contributed by atoms with Gasteiger partial charge in [0, 0.05) is 45.0 Å². The van der Waals surface area contributed by atoms with Gasteiger partial charge < -0.3 is 13.9 Å². The van der Waals surface area contributed by atoms with Crippen molar-refractivity contribution in [2.75, 3.05) is 0 Å². The van der Waals surface area contributed by atoms with Crippen molar-refractivity contribution in [2.45, 2.75) is 7.43 Å². The zero-order valence-electron chi connectivity index (χ0n) is 35.0. The second-order valence-electron chi connectivity index (χ2n) is 14.9. The molecule has 0 aliphatic carbocycles. The zero-order valence-corrected chi connectivity index (χ0v) is 35.0. The van der Waals surface area contributed by atoms with Crippen molar-refractivity contribution < 1.29 is 23.5 Å². The van der Waals surface area contributed by atoms with Gasteiger partial charge in [0.25, 0.3) is 0 Å². The molecule has 10 aromatic rings. The molecular weight excluding hydrogens is 817 g/mol. The lowest BCUT2D eigenvalue weighted by Gasteiger charge is -2.10. The molecule has 0 bridgehead atoms. The van der Waals surface area contributed by atoms with Crippen LogP contribution in [0.2, 0.25) is 0 Å². The fourth-order valence-electron chi connectivity index (χ4n) is 7.73. The zero-order chi connectivity index (χ0) is 44.4. The Morgan fingerprint density at radius 1 is 0.394 bits per heavy atom. The summed E-state index contributed by atoms with van der Waals surface area (Å²) in [7, 11) is 0. The van der Waals surface area contributed by atoms with Gasteiger partial charge in [-0.2, -0.15) is 0 Å². The predicted molar refractivity (Wildman–Crippen MR) is 265 cm³/mol. The maximum atomic E-state index is 11.6. The van der Waals surface area contributed by atoms with E-state index in [1.165, 1.54) is 0 Å². The number of carboxylic acids is 1. The molecule has 0 atom stereocenters. The summed E-state index contributed by atoms with van der Waals surface area (Å²) in [6, 6.07) is 71.0. The molecule has 0 fully saturated rings. The van der Waals surface area contributed by atoms with Crippen LogP contribution >= 0.6 is 0 Å². The van der Waals surface area contributed by atoms with Crippen LogP contribution in [0.4, 0.5) is 0 Å². The van der Waals surface area contributed by atoms with E-state index in [0.29, 0.717) is 23.1 Å². The first kappa shape index (κ1) is 43.7. The number of rotatable bonds is 11. The molecule has 7 heteroatoms. The third kappa shape index (κ3) is 9.51. The van der Waals surface area contributed by atoms with Gasteiger partial charge in [-0.3, -0.25) is 4.79 Å². The van der Waals surface area contributed by atoms with Gasteiger partial charge in [0.05, 0.1) is 0 Å². The monoisotopic (exact) mass is 860 g/mol. The summed E-state index contributed by atoms with van der Waals surface area (Å²) in [6.45, 7) is 0. The second-order valence-corrected chi connectivity index (χ2v) is 14.9. The second kappa shape index (κ2) is 20.5. The highest BCUT2D eigenvalue weighted by Gasteiger charge is 2.22. The number of carbonyl (C=O) groups excluding carboxylic acids is 1. The lowest BCUT2D eigenvalue weighted by atomic mass is 9.95. The molecule has 0 spiro atoms. The van der Waals surface area contributed by atoms with Crippen LogP contribution in [0, 0.1) is 0 Å². The summed E-state index contributed by atoms with van der Waals surface area (Å²) < 4.78 is 12.8. The van der Waals surface area contributed by atoms with E-state index in [-0.39, 0.29) is 7.43 Å². The molecule has 2 aromatic heterocycles. The third-order valence-corrected chi connectivity index (χ3v) is 10.8. The fraction of sp³-hybridized carbons (Fsp3) is 0.0169. The molecule has 8 aromatic carbocycles. The highest BCUT2D eigenvalue weighted by Crippen LogP contribution is 2.41. The van der Waals surface area contributed by atoms with Crippen LogP contribution in [0.1, 0.15) is 23.3 Å². The van der Waals surface area contributed by atoms with Gasteiger partial charge >= 0.3 is 5.97 Å². The molecular formula is C59H44N2O5. The lowest BCUT2D eigenvalue weighted by Crippen LogP contribution is -1.90. The van der Waals surface area contributed by atoms with Crippen LogP contribution in [0.25, 0.3) is 96.4 Å². The number of nitrogens with zero attached hydrogens (tertiary/aromatic N) is 2. The van der Waals surface area contributed by atoms with E-state index in [1.807, 2.05) is 218 Å². The van der Waals surface area contributed by atoms with Gasteiger partial charge in [0.2, 0.25) is 11.8 Å². The molecule has 0 radical (unpaired) electrons. The first-order valence-corrected chi connectivity index (χ1v) is 21.0. The molecule has 0 unspecified atom stereocenters. The summed E-state index contributed by atoms with van der Waals surface area (Å²) in [5, 5.41) is 9.11. The average molecular weight is 861 g/mol. The fourth-order valence-corrected chi connectivity index (χ4v) is 7.73. The lowest BCUT2D eigenvalue weighted by molar-refractivity contribution is -0.131. The minimum Gasteiger partial charge on any atom is -0.478 e. The summed E-state index contributed by atoms with van der Waals surface area (Å²) in [6.07, 6.45) is 3.63. The Kier molecular flexibility index (Phi) is 13.6. The number of carboxylic acid groups (broad SMARTS) is 1. The van der Waals surface area contributed by atoms with E-state index in [0.717, 1.165) is 90.7 Å². The van der Waals surface area contributed by atoms with Crippen molar-refractivity contribution >= 4 is 18.3 Å². The van der Waals surface area contributed by atoms with Crippen molar-refractivity contribution in [3.8, 4) is 90.3 Å². The number of oxazole rings is 2. The molecule has 7 nitrogen and oxygen atoms in total. The van der Waals surface area contributed by atoms with Crippen molar-refractivity contribution in [1.82, 2.24) is 9.97 Å². The van der Waals surface area contributed by atoms with Gasteiger partial charge in [-0.05, 0) is 46.0 Å². The van der Waals surface area contributed by atoms with Crippen LogP contribution in [0.15, 0.2) is 233 Å². The van der Waals surface area contributed by atoms with Crippen molar-refractivity contribution in [2.24, 2.45) is 0 Å². The number of hydrogen-bond acceptors (Lipinski definition) is 6. The summed E-state index contributed by atoms with van der Waals surface area (Å²) in [5.74, 6) is 1.46. The molecule has 10 rings (SSSR count). The van der Waals surface area contributed by atoms with Gasteiger partial charge in [-0.1, -0.05) is 214 Å². The minimum absolute atomic E-state index is 0. The normalized spacial score (nSPS) is 10.7. The third-order valence-electron chi connectivity index (χ3n) is 10.8. The summed E-state index contributed by atoms with van der Waals surface area (Å²) >= 11 is 0. The highest BCUT2D eigenvalue weighted by atomic mass is 16.4. The molecule has 0 amide bonds. The van der Waals surface area contributed by atoms with Gasteiger partial charge in [-0.25, -0.2) is 14.8 Å². The van der Waals surface area contributed by atoms with Crippen molar-refractivity contribution in [1.29, 1.82) is 0 Å². The molecule has 0 saturated heterocycles. The maximum absolute atomic E-state index is 11.6. The molecule has 0 saturated carbocycles. The van der Waals surface area contributed by atoms with E-state index in [4.69, 9.17) is 23.9 Å². The Labute approximate surface area is 383 Å². The topological polar surface area (TPSA) is 106 Å². The SMILES string of the molecule is C.O=C(O)/C=C/c1ccccc1-c1ccccc1-c1nc(-c2ccccc2)c(-c2ccccc2)o1.O=Cc1ccccc1-c1ccccc1-c1nc(-c2ccccc2)c(-c2ccccc2)o1. The van der Waals surface area contributed by atoms with Gasteiger partial charge in [0.15, 0.2) is 17.8 Å². The summed E-state index contributed by atoms with van der Waals surface area (Å²) in [4.78, 5) is 32.6. The molecule has 1 N–H and O–H groups in total. The summed E-state index contributed by atoms with van der Waals surface area (Å²) in [5.41, 5.74) is 12.1. The molecule has 66 heavy (non-hydrogen) atoms. The Morgan fingerprint density at radius 2 is 0.712 bits per heavy atom. The number of benzene rings is 8. The van der Waals surface area contributed by atoms with Crippen molar-refractivity contribution in [3.63, 3.8) is 0 Å². The highest BCUT2D eigenvalue weighted by molar-refractivity contribution is 5.93. The number of aldehydes is 1. The largest absolute Gasteiger partial charge is 0.478 e. The first-order valence-electron chi connectivity index (χ1n) is 21.0. The average Bonchev–Trinajstić information content (AvgIpc) is 4.04. The number of aromatic nitrogens is 2. The molecule has 320 valence electrons. The van der Waals surface area contributed by atoms with E-state index in [1.54, 1.807) is 6.08 Å². The van der Waals surface area contributed by atoms with E-state index < -0.39 is 5.97 Å². The minimum atomic E-state index is -0.990. The smallest absolute Gasteiger partial charge is 0.328 e. The number of aliphatic carboxylic acids is 1. The van der Waals surface area contributed by atoms with Crippen LogP contribution < -0.4 is 0 Å². The van der Waals surface area contributed by atoms with Crippen LogP contribution in [0.3, 0.4) is 0 Å². The standard InChI is InChI=1S/C30H21NO3.C28H19NO2.CH4/c32-27(33)20-19-21-11-7-8-16-24(21)25-17-9-10-18-26(25)30-31-28(22-12-3-1-4-13-22)29(34-30)23-14-5-2-6-15-23;30-19-22-15-7-8-16-23(22)24-17-9-10-18-25(24)28-29-26(20-11-3-1-4-12-20)27(31-28)21-13-5-2-6-14-21;/h1-20H,(H,32,33);1-19H;1H4/b20-19+;;. The van der Waals surface area contributed by atoms with Crippen molar-refractivity contribution in [3.05, 3.63) is 236 Å².